The maximum atomic E-state index is 12.2. The molecule has 0 aliphatic carbocycles. The summed E-state index contributed by atoms with van der Waals surface area (Å²) in [6, 6.07) is 16.4. The minimum Gasteiger partial charge on any atom is -0.341 e. The van der Waals surface area contributed by atoms with Crippen LogP contribution < -0.4 is 0 Å². The third-order valence-corrected chi connectivity index (χ3v) is 3.44. The summed E-state index contributed by atoms with van der Waals surface area (Å²) >= 11 is 0. The number of nitrogens with zero attached hydrogens (tertiary/aromatic N) is 1. The van der Waals surface area contributed by atoms with E-state index in [9.17, 15) is 4.79 Å². The molecule has 0 heterocycles. The van der Waals surface area contributed by atoms with Gasteiger partial charge in [-0.3, -0.25) is 4.79 Å². The van der Waals surface area contributed by atoms with Crippen LogP contribution in [0.4, 0.5) is 0 Å². The molecular weight excluding hydrogens is 246 g/mol. The molecule has 0 N–H and O–H groups in total. The Morgan fingerprint density at radius 1 is 0.850 bits per heavy atom. The molecule has 2 nitrogen and oxygen atoms in total. The quantitative estimate of drug-likeness (QED) is 0.830. The van der Waals surface area contributed by atoms with Crippen molar-refractivity contribution >= 4 is 5.91 Å². The highest BCUT2D eigenvalue weighted by atomic mass is 16.2. The molecule has 0 unspecified atom stereocenters. The van der Waals surface area contributed by atoms with Gasteiger partial charge >= 0.3 is 0 Å². The van der Waals surface area contributed by atoms with Crippen LogP contribution in [-0.4, -0.2) is 17.9 Å². The van der Waals surface area contributed by atoms with Crippen LogP contribution in [0.1, 0.15) is 22.3 Å². The van der Waals surface area contributed by atoms with Crippen molar-refractivity contribution < 1.29 is 4.79 Å². The molecule has 0 bridgehead atoms. The number of hydrogen-bond donors (Lipinski definition) is 0. The molecule has 0 fully saturated rings. The number of carbonyl (C=O) groups excluding carboxylic acids is 1. The van der Waals surface area contributed by atoms with E-state index in [1.54, 1.807) is 4.90 Å². The fourth-order valence-corrected chi connectivity index (χ4v) is 2.07. The number of carbonyl (C=O) groups is 1. The summed E-state index contributed by atoms with van der Waals surface area (Å²) in [5.41, 5.74) is 4.68. The summed E-state index contributed by atoms with van der Waals surface area (Å²) < 4.78 is 0. The summed E-state index contributed by atoms with van der Waals surface area (Å²) in [7, 11) is 1.86. The van der Waals surface area contributed by atoms with E-state index < -0.39 is 0 Å². The van der Waals surface area contributed by atoms with E-state index in [-0.39, 0.29) is 5.91 Å². The van der Waals surface area contributed by atoms with Gasteiger partial charge in [0.1, 0.15) is 0 Å². The third-order valence-electron chi connectivity index (χ3n) is 3.44. The van der Waals surface area contributed by atoms with Crippen molar-refractivity contribution in [3.63, 3.8) is 0 Å². The second-order valence-corrected chi connectivity index (χ2v) is 5.40. The molecule has 2 rings (SSSR count). The fraction of sp³-hybridized carbons (Fsp3) is 0.278. The monoisotopic (exact) mass is 267 g/mol. The first-order chi connectivity index (χ1) is 9.54. The van der Waals surface area contributed by atoms with Crippen molar-refractivity contribution in [1.29, 1.82) is 0 Å². The lowest BCUT2D eigenvalue weighted by atomic mass is 10.1. The van der Waals surface area contributed by atoms with E-state index in [0.717, 1.165) is 11.1 Å². The summed E-state index contributed by atoms with van der Waals surface area (Å²) in [5.74, 6) is 0.148. The zero-order valence-electron chi connectivity index (χ0n) is 12.4. The van der Waals surface area contributed by atoms with Gasteiger partial charge in [-0.15, -0.1) is 0 Å². The van der Waals surface area contributed by atoms with Crippen LogP contribution in [0, 0.1) is 13.8 Å². The fourth-order valence-electron chi connectivity index (χ4n) is 2.07. The van der Waals surface area contributed by atoms with Gasteiger partial charge in [-0.2, -0.15) is 0 Å². The molecule has 20 heavy (non-hydrogen) atoms. The molecule has 104 valence electrons. The van der Waals surface area contributed by atoms with E-state index in [4.69, 9.17) is 0 Å². The Morgan fingerprint density at radius 3 is 1.80 bits per heavy atom. The van der Waals surface area contributed by atoms with Crippen molar-refractivity contribution in [2.45, 2.75) is 26.8 Å². The van der Waals surface area contributed by atoms with Crippen molar-refractivity contribution in [3.8, 4) is 0 Å². The second-order valence-electron chi connectivity index (χ2n) is 5.40. The molecule has 2 heteroatoms. The van der Waals surface area contributed by atoms with Crippen LogP contribution in [0.15, 0.2) is 48.5 Å². The van der Waals surface area contributed by atoms with Gasteiger partial charge < -0.3 is 4.90 Å². The highest BCUT2D eigenvalue weighted by Crippen LogP contribution is 2.09. The molecule has 0 aliphatic rings. The van der Waals surface area contributed by atoms with E-state index in [0.29, 0.717) is 13.0 Å². The summed E-state index contributed by atoms with van der Waals surface area (Å²) in [5, 5.41) is 0. The van der Waals surface area contributed by atoms with Gasteiger partial charge in [-0.05, 0) is 25.0 Å². The molecule has 0 atom stereocenters. The number of hydrogen-bond acceptors (Lipinski definition) is 1. The SMILES string of the molecule is Cc1ccc(CC(=O)N(C)Cc2ccc(C)cc2)cc1. The van der Waals surface area contributed by atoms with Crippen molar-refractivity contribution in [2.75, 3.05) is 7.05 Å². The van der Waals surface area contributed by atoms with Gasteiger partial charge in [-0.25, -0.2) is 0 Å². The maximum absolute atomic E-state index is 12.2. The van der Waals surface area contributed by atoms with Crippen LogP contribution in [0.3, 0.4) is 0 Å². The number of likely N-dealkylation sites (N-methyl/N-ethyl adjacent to an activating group) is 1. The molecule has 0 saturated heterocycles. The minimum atomic E-state index is 0.148. The van der Waals surface area contributed by atoms with E-state index >= 15 is 0 Å². The molecule has 0 aliphatic heterocycles. The zero-order chi connectivity index (χ0) is 14.5. The van der Waals surface area contributed by atoms with Crippen molar-refractivity contribution in [2.24, 2.45) is 0 Å². The predicted molar refractivity (Wildman–Crippen MR) is 82.5 cm³/mol. The lowest BCUT2D eigenvalue weighted by Crippen LogP contribution is -2.27. The molecule has 0 aromatic heterocycles. The Labute approximate surface area is 121 Å². The van der Waals surface area contributed by atoms with Crippen molar-refractivity contribution in [3.05, 3.63) is 70.8 Å². The van der Waals surface area contributed by atoms with Crippen LogP contribution in [0.25, 0.3) is 0 Å². The number of aryl methyl sites for hydroxylation is 2. The average molecular weight is 267 g/mol. The van der Waals surface area contributed by atoms with Crippen LogP contribution in [0.2, 0.25) is 0 Å². The molecule has 2 aromatic carbocycles. The minimum absolute atomic E-state index is 0.148. The van der Waals surface area contributed by atoms with Gasteiger partial charge in [0.05, 0.1) is 6.42 Å². The molecule has 0 saturated carbocycles. The Morgan fingerprint density at radius 2 is 1.30 bits per heavy atom. The lowest BCUT2D eigenvalue weighted by Gasteiger charge is -2.17. The normalized spacial score (nSPS) is 10.3. The van der Waals surface area contributed by atoms with Crippen molar-refractivity contribution in [1.82, 2.24) is 4.90 Å². The van der Waals surface area contributed by atoms with Gasteiger partial charge in [0.25, 0.3) is 0 Å². The summed E-state index contributed by atoms with van der Waals surface area (Å²) in [6.07, 6.45) is 0.461. The first kappa shape index (κ1) is 14.3. The highest BCUT2D eigenvalue weighted by molar-refractivity contribution is 5.78. The molecular formula is C18H21NO. The van der Waals surface area contributed by atoms with Crippen LogP contribution >= 0.6 is 0 Å². The molecule has 2 aromatic rings. The summed E-state index contributed by atoms with van der Waals surface area (Å²) in [6.45, 7) is 4.77. The first-order valence-corrected chi connectivity index (χ1v) is 6.89. The Kier molecular flexibility index (Phi) is 4.57. The van der Waals surface area contributed by atoms with Crippen LogP contribution in [0.5, 0.6) is 0 Å². The first-order valence-electron chi connectivity index (χ1n) is 6.89. The maximum Gasteiger partial charge on any atom is 0.227 e. The Hall–Kier alpha value is -2.09. The van der Waals surface area contributed by atoms with E-state index in [1.165, 1.54) is 11.1 Å². The third kappa shape index (κ3) is 3.95. The molecule has 0 radical (unpaired) electrons. The largest absolute Gasteiger partial charge is 0.341 e. The van der Waals surface area contributed by atoms with Gasteiger partial charge in [-0.1, -0.05) is 59.7 Å². The Balaban J connectivity index is 1.94. The average Bonchev–Trinajstić information content (AvgIpc) is 2.44. The zero-order valence-corrected chi connectivity index (χ0v) is 12.4. The van der Waals surface area contributed by atoms with Gasteiger partial charge in [0.2, 0.25) is 5.91 Å². The predicted octanol–water partition coefficient (Wildman–Crippen LogP) is 3.50. The van der Waals surface area contributed by atoms with Crippen LogP contribution in [-0.2, 0) is 17.8 Å². The van der Waals surface area contributed by atoms with Gasteiger partial charge in [0, 0.05) is 13.6 Å². The van der Waals surface area contributed by atoms with E-state index in [1.807, 2.05) is 31.3 Å². The smallest absolute Gasteiger partial charge is 0.227 e. The highest BCUT2D eigenvalue weighted by Gasteiger charge is 2.10. The number of rotatable bonds is 4. The molecule has 0 spiro atoms. The molecule has 1 amide bonds. The number of benzene rings is 2. The number of amides is 1. The van der Waals surface area contributed by atoms with Gasteiger partial charge in [0.15, 0.2) is 0 Å². The lowest BCUT2D eigenvalue weighted by molar-refractivity contribution is -0.129. The summed E-state index contributed by atoms with van der Waals surface area (Å²) in [4.78, 5) is 14.0. The van der Waals surface area contributed by atoms with E-state index in [2.05, 4.69) is 38.1 Å². The second kappa shape index (κ2) is 6.38. The Bertz CT molecular complexity index is 569. The standard InChI is InChI=1S/C18H21NO/c1-14-4-8-16(9-5-14)12-18(20)19(3)13-17-10-6-15(2)7-11-17/h4-11H,12-13H2,1-3H3. The topological polar surface area (TPSA) is 20.3 Å².